The minimum atomic E-state index is 0.134. The number of hydrogen-bond acceptors (Lipinski definition) is 4. The van der Waals surface area contributed by atoms with Gasteiger partial charge < -0.3 is 10.5 Å². The summed E-state index contributed by atoms with van der Waals surface area (Å²) in [6.07, 6.45) is 2.07. The van der Waals surface area contributed by atoms with Gasteiger partial charge in [-0.3, -0.25) is 5.43 Å². The predicted molar refractivity (Wildman–Crippen MR) is 94.2 cm³/mol. The predicted octanol–water partition coefficient (Wildman–Crippen LogP) is 3.34. The third kappa shape index (κ3) is 3.66. The van der Waals surface area contributed by atoms with Gasteiger partial charge in [-0.25, -0.2) is 5.43 Å². The number of hydrazine groups is 1. The van der Waals surface area contributed by atoms with Gasteiger partial charge >= 0.3 is 0 Å². The monoisotopic (exact) mass is 311 g/mol. The fourth-order valence-corrected chi connectivity index (χ4v) is 3.12. The van der Waals surface area contributed by atoms with E-state index >= 15 is 0 Å². The Kier molecular flexibility index (Phi) is 4.84. The molecule has 1 aliphatic rings. The summed E-state index contributed by atoms with van der Waals surface area (Å²) >= 11 is 0. The SMILES string of the molecule is CCC(Oc1ccccc1C)C1CC(c2cccc(N)c2)NN1. The van der Waals surface area contributed by atoms with E-state index < -0.39 is 0 Å². The molecule has 23 heavy (non-hydrogen) atoms. The lowest BCUT2D eigenvalue weighted by molar-refractivity contribution is 0.153. The Morgan fingerprint density at radius 3 is 2.74 bits per heavy atom. The molecular weight excluding hydrogens is 286 g/mol. The molecule has 4 N–H and O–H groups in total. The molecular formula is C19H25N3O. The minimum absolute atomic E-state index is 0.134. The second-order valence-electron chi connectivity index (χ2n) is 6.18. The van der Waals surface area contributed by atoms with Crippen LogP contribution < -0.4 is 21.3 Å². The van der Waals surface area contributed by atoms with E-state index in [1.165, 1.54) is 11.1 Å². The highest BCUT2D eigenvalue weighted by molar-refractivity contribution is 5.42. The van der Waals surface area contributed by atoms with E-state index in [4.69, 9.17) is 10.5 Å². The standard InChI is InChI=1S/C19H25N3O/c1-3-18(23-19-10-5-4-7-13(19)2)17-12-16(21-22-17)14-8-6-9-15(20)11-14/h4-11,16-18,21-22H,3,12,20H2,1-2H3. The molecule has 0 aliphatic carbocycles. The number of aryl methyl sites for hydroxylation is 1. The zero-order valence-corrected chi connectivity index (χ0v) is 13.8. The van der Waals surface area contributed by atoms with E-state index in [9.17, 15) is 0 Å². The van der Waals surface area contributed by atoms with Crippen LogP contribution in [0.15, 0.2) is 48.5 Å². The molecule has 122 valence electrons. The topological polar surface area (TPSA) is 59.3 Å². The summed E-state index contributed by atoms with van der Waals surface area (Å²) in [6.45, 7) is 4.25. The van der Waals surface area contributed by atoms with Crippen LogP contribution in [0.4, 0.5) is 5.69 Å². The maximum Gasteiger partial charge on any atom is 0.122 e. The molecule has 2 aromatic rings. The van der Waals surface area contributed by atoms with Crippen LogP contribution in [-0.2, 0) is 0 Å². The summed E-state index contributed by atoms with van der Waals surface area (Å²) < 4.78 is 6.26. The van der Waals surface area contributed by atoms with Crippen LogP contribution in [0.5, 0.6) is 5.75 Å². The van der Waals surface area contributed by atoms with Crippen molar-refractivity contribution in [2.24, 2.45) is 0 Å². The van der Waals surface area contributed by atoms with Crippen molar-refractivity contribution in [1.82, 2.24) is 10.9 Å². The van der Waals surface area contributed by atoms with E-state index in [2.05, 4.69) is 36.8 Å². The van der Waals surface area contributed by atoms with Gasteiger partial charge in [-0.05, 0) is 49.1 Å². The third-order valence-electron chi connectivity index (χ3n) is 4.47. The van der Waals surface area contributed by atoms with Crippen LogP contribution in [0.3, 0.4) is 0 Å². The number of hydrogen-bond donors (Lipinski definition) is 3. The Labute approximate surface area is 138 Å². The van der Waals surface area contributed by atoms with Crippen molar-refractivity contribution in [2.45, 2.75) is 44.9 Å². The van der Waals surface area contributed by atoms with Crippen molar-refractivity contribution in [3.05, 3.63) is 59.7 Å². The van der Waals surface area contributed by atoms with E-state index in [1.807, 2.05) is 36.4 Å². The Morgan fingerprint density at radius 2 is 2.00 bits per heavy atom. The molecule has 0 bridgehead atoms. The maximum atomic E-state index is 6.26. The number of anilines is 1. The van der Waals surface area contributed by atoms with Crippen molar-refractivity contribution >= 4 is 5.69 Å². The van der Waals surface area contributed by atoms with E-state index in [0.717, 1.165) is 24.3 Å². The number of nitrogen functional groups attached to an aromatic ring is 1. The van der Waals surface area contributed by atoms with E-state index in [1.54, 1.807) is 0 Å². The zero-order chi connectivity index (χ0) is 16.2. The molecule has 1 heterocycles. The van der Waals surface area contributed by atoms with Crippen molar-refractivity contribution in [1.29, 1.82) is 0 Å². The van der Waals surface area contributed by atoms with Gasteiger partial charge in [0.1, 0.15) is 11.9 Å². The summed E-state index contributed by atoms with van der Waals surface area (Å²) in [5.41, 5.74) is 15.9. The van der Waals surface area contributed by atoms with Gasteiger partial charge in [0, 0.05) is 11.7 Å². The third-order valence-corrected chi connectivity index (χ3v) is 4.47. The molecule has 0 amide bonds. The summed E-state index contributed by atoms with van der Waals surface area (Å²) in [7, 11) is 0. The van der Waals surface area contributed by atoms with Gasteiger partial charge in [0.15, 0.2) is 0 Å². The van der Waals surface area contributed by atoms with Gasteiger partial charge in [-0.2, -0.15) is 0 Å². The highest BCUT2D eigenvalue weighted by atomic mass is 16.5. The van der Waals surface area contributed by atoms with Gasteiger partial charge in [0.2, 0.25) is 0 Å². The number of rotatable bonds is 5. The second-order valence-corrected chi connectivity index (χ2v) is 6.18. The molecule has 1 saturated heterocycles. The van der Waals surface area contributed by atoms with E-state index in [0.29, 0.717) is 0 Å². The molecule has 0 saturated carbocycles. The van der Waals surface area contributed by atoms with Crippen LogP contribution >= 0.6 is 0 Å². The molecule has 4 heteroatoms. The molecule has 1 aliphatic heterocycles. The maximum absolute atomic E-state index is 6.26. The first-order valence-electron chi connectivity index (χ1n) is 8.26. The number of nitrogens with two attached hydrogens (primary N) is 1. The highest BCUT2D eigenvalue weighted by Crippen LogP contribution is 2.28. The van der Waals surface area contributed by atoms with Gasteiger partial charge in [-0.1, -0.05) is 37.3 Å². The molecule has 1 fully saturated rings. The molecule has 2 aromatic carbocycles. The lowest BCUT2D eigenvalue weighted by atomic mass is 9.98. The average molecular weight is 311 g/mol. The largest absolute Gasteiger partial charge is 0.488 e. The fourth-order valence-electron chi connectivity index (χ4n) is 3.12. The Hall–Kier alpha value is -2.04. The van der Waals surface area contributed by atoms with Gasteiger partial charge in [0.05, 0.1) is 6.04 Å². The number of benzene rings is 2. The Bertz CT molecular complexity index is 659. The summed E-state index contributed by atoms with van der Waals surface area (Å²) in [6, 6.07) is 16.8. The van der Waals surface area contributed by atoms with Crippen molar-refractivity contribution < 1.29 is 4.74 Å². The molecule has 3 rings (SSSR count). The molecule has 0 aromatic heterocycles. The fraction of sp³-hybridized carbons (Fsp3) is 0.368. The summed E-state index contributed by atoms with van der Waals surface area (Å²) in [5.74, 6) is 0.966. The summed E-state index contributed by atoms with van der Waals surface area (Å²) in [5, 5.41) is 0. The first-order chi connectivity index (χ1) is 11.2. The normalized spacial score (nSPS) is 22.0. The Morgan fingerprint density at radius 1 is 1.17 bits per heavy atom. The van der Waals surface area contributed by atoms with Crippen LogP contribution in [0.2, 0.25) is 0 Å². The molecule has 0 radical (unpaired) electrons. The number of ether oxygens (including phenoxy) is 1. The van der Waals surface area contributed by atoms with Crippen LogP contribution in [0.25, 0.3) is 0 Å². The van der Waals surface area contributed by atoms with Crippen LogP contribution in [0, 0.1) is 6.92 Å². The quantitative estimate of drug-likeness (QED) is 0.741. The summed E-state index contributed by atoms with van der Waals surface area (Å²) in [4.78, 5) is 0. The molecule has 4 nitrogen and oxygen atoms in total. The minimum Gasteiger partial charge on any atom is -0.488 e. The van der Waals surface area contributed by atoms with Crippen molar-refractivity contribution in [3.8, 4) is 5.75 Å². The smallest absolute Gasteiger partial charge is 0.122 e. The molecule has 3 unspecified atom stereocenters. The molecule has 3 atom stereocenters. The van der Waals surface area contributed by atoms with Gasteiger partial charge in [-0.15, -0.1) is 0 Å². The van der Waals surface area contributed by atoms with Crippen LogP contribution in [-0.4, -0.2) is 12.1 Å². The average Bonchev–Trinajstić information content (AvgIpc) is 3.04. The lowest BCUT2D eigenvalue weighted by Gasteiger charge is -2.24. The second kappa shape index (κ2) is 7.02. The van der Waals surface area contributed by atoms with Crippen LogP contribution in [0.1, 0.15) is 36.9 Å². The van der Waals surface area contributed by atoms with Crippen molar-refractivity contribution in [3.63, 3.8) is 0 Å². The first kappa shape index (κ1) is 15.8. The number of para-hydroxylation sites is 1. The first-order valence-corrected chi connectivity index (χ1v) is 8.26. The number of nitrogens with one attached hydrogen (secondary N) is 2. The molecule has 0 spiro atoms. The lowest BCUT2D eigenvalue weighted by Crippen LogP contribution is -2.41. The van der Waals surface area contributed by atoms with Gasteiger partial charge in [0.25, 0.3) is 0 Å². The van der Waals surface area contributed by atoms with E-state index in [-0.39, 0.29) is 18.2 Å². The van der Waals surface area contributed by atoms with Crippen molar-refractivity contribution in [2.75, 3.05) is 5.73 Å². The zero-order valence-electron chi connectivity index (χ0n) is 13.8. The Balaban J connectivity index is 1.68. The highest BCUT2D eigenvalue weighted by Gasteiger charge is 2.31.